The van der Waals surface area contributed by atoms with Gasteiger partial charge in [0.2, 0.25) is 0 Å². The number of rotatable bonds is 7. The second-order valence-electron chi connectivity index (χ2n) is 4.35. The maximum Gasteiger partial charge on any atom is 0.119 e. The summed E-state index contributed by atoms with van der Waals surface area (Å²) in [5.41, 5.74) is 0. The van der Waals surface area contributed by atoms with E-state index in [-0.39, 0.29) is 12.5 Å². The Kier molecular flexibility index (Phi) is 4.66. The van der Waals surface area contributed by atoms with Crippen molar-refractivity contribution >= 4 is 11.6 Å². The fourth-order valence-electron chi connectivity index (χ4n) is 1.63. The highest BCUT2D eigenvalue weighted by Gasteiger charge is 2.23. The zero-order chi connectivity index (χ0) is 12.1. The van der Waals surface area contributed by atoms with Gasteiger partial charge in [-0.15, -0.1) is 0 Å². The Morgan fingerprint density at radius 3 is 2.71 bits per heavy atom. The number of epoxide rings is 1. The molecule has 1 fully saturated rings. The summed E-state index contributed by atoms with van der Waals surface area (Å²) in [6.07, 6.45) is 2.36. The van der Waals surface area contributed by atoms with E-state index in [1.54, 1.807) is 12.1 Å². The van der Waals surface area contributed by atoms with Crippen LogP contribution in [0.2, 0.25) is 5.02 Å². The van der Waals surface area contributed by atoms with E-state index >= 15 is 0 Å². The molecule has 0 saturated carbocycles. The van der Waals surface area contributed by atoms with Crippen molar-refractivity contribution in [3.63, 3.8) is 0 Å². The van der Waals surface area contributed by atoms with Crippen LogP contribution in [-0.4, -0.2) is 31.0 Å². The van der Waals surface area contributed by atoms with Crippen molar-refractivity contribution in [2.24, 2.45) is 5.92 Å². The number of benzene rings is 1. The Hall–Kier alpha value is -0.770. The third-order valence-corrected chi connectivity index (χ3v) is 3.11. The van der Waals surface area contributed by atoms with Crippen LogP contribution in [0.3, 0.4) is 0 Å². The highest BCUT2D eigenvalue weighted by Crippen LogP contribution is 2.20. The van der Waals surface area contributed by atoms with Crippen LogP contribution in [0.25, 0.3) is 0 Å². The molecule has 0 unspecified atom stereocenters. The van der Waals surface area contributed by atoms with Crippen molar-refractivity contribution in [3.05, 3.63) is 29.3 Å². The van der Waals surface area contributed by atoms with Gasteiger partial charge in [0.05, 0.1) is 19.3 Å². The van der Waals surface area contributed by atoms with Gasteiger partial charge >= 0.3 is 0 Å². The molecule has 0 radical (unpaired) electrons. The van der Waals surface area contributed by atoms with Gasteiger partial charge in [-0.05, 0) is 37.1 Å². The maximum atomic E-state index is 9.24. The predicted octanol–water partition coefficient (Wildman–Crippen LogP) is 2.51. The summed E-state index contributed by atoms with van der Waals surface area (Å²) in [5.74, 6) is 0.963. The molecule has 0 aliphatic carbocycles. The summed E-state index contributed by atoms with van der Waals surface area (Å²) < 4.78 is 10.7. The summed E-state index contributed by atoms with van der Waals surface area (Å²) >= 11 is 5.78. The van der Waals surface area contributed by atoms with Crippen LogP contribution in [0, 0.1) is 5.92 Å². The number of halogens is 1. The third kappa shape index (κ3) is 4.54. The van der Waals surface area contributed by atoms with Crippen LogP contribution in [0.5, 0.6) is 5.75 Å². The lowest BCUT2D eigenvalue weighted by molar-refractivity contribution is 0.152. The van der Waals surface area contributed by atoms with Gasteiger partial charge in [0, 0.05) is 17.5 Å². The van der Waals surface area contributed by atoms with Crippen LogP contribution in [0.1, 0.15) is 12.8 Å². The molecule has 0 spiro atoms. The largest absolute Gasteiger partial charge is 0.493 e. The molecule has 17 heavy (non-hydrogen) atoms. The summed E-state index contributed by atoms with van der Waals surface area (Å²) in [6, 6.07) is 7.26. The highest BCUT2D eigenvalue weighted by molar-refractivity contribution is 6.30. The molecular weight excluding hydrogens is 240 g/mol. The Morgan fingerprint density at radius 1 is 1.41 bits per heavy atom. The molecule has 0 amide bonds. The molecule has 2 rings (SSSR count). The SMILES string of the molecule is OC[C@@H](CC[C@@H]1CO1)COc1ccc(Cl)cc1. The fourth-order valence-corrected chi connectivity index (χ4v) is 1.75. The molecule has 0 bridgehead atoms. The Balaban J connectivity index is 1.72. The van der Waals surface area contributed by atoms with Gasteiger partial charge < -0.3 is 14.6 Å². The molecule has 1 aliphatic rings. The van der Waals surface area contributed by atoms with Crippen molar-refractivity contribution < 1.29 is 14.6 Å². The third-order valence-electron chi connectivity index (χ3n) is 2.86. The molecule has 4 heteroatoms. The zero-order valence-electron chi connectivity index (χ0n) is 9.64. The zero-order valence-corrected chi connectivity index (χ0v) is 10.4. The summed E-state index contributed by atoms with van der Waals surface area (Å²) in [5, 5.41) is 9.94. The van der Waals surface area contributed by atoms with E-state index in [2.05, 4.69) is 0 Å². The molecule has 1 aliphatic heterocycles. The van der Waals surface area contributed by atoms with Crippen LogP contribution in [0.15, 0.2) is 24.3 Å². The maximum absolute atomic E-state index is 9.24. The van der Waals surface area contributed by atoms with E-state index < -0.39 is 0 Å². The smallest absolute Gasteiger partial charge is 0.119 e. The number of hydrogen-bond acceptors (Lipinski definition) is 3. The number of hydrogen-bond donors (Lipinski definition) is 1. The Labute approximate surface area is 106 Å². The average Bonchev–Trinajstić information content (AvgIpc) is 3.15. The van der Waals surface area contributed by atoms with Gasteiger partial charge in [-0.3, -0.25) is 0 Å². The van der Waals surface area contributed by atoms with Crippen LogP contribution >= 0.6 is 11.6 Å². The fraction of sp³-hybridized carbons (Fsp3) is 0.538. The van der Waals surface area contributed by atoms with Crippen molar-refractivity contribution in [2.75, 3.05) is 19.8 Å². The van der Waals surface area contributed by atoms with E-state index in [1.165, 1.54) is 0 Å². The Bertz CT molecular complexity index is 335. The van der Waals surface area contributed by atoms with E-state index in [0.717, 1.165) is 25.2 Å². The van der Waals surface area contributed by atoms with Crippen LogP contribution in [0.4, 0.5) is 0 Å². The standard InChI is InChI=1S/C13H17ClO3/c14-11-2-5-12(6-3-11)16-8-10(7-15)1-4-13-9-17-13/h2-3,5-6,10,13,15H,1,4,7-9H2/t10-,13-/m1/s1. The number of aliphatic hydroxyl groups is 1. The average molecular weight is 257 g/mol. The molecule has 1 heterocycles. The highest BCUT2D eigenvalue weighted by atomic mass is 35.5. The number of aliphatic hydroxyl groups excluding tert-OH is 1. The molecule has 0 aromatic heterocycles. The minimum atomic E-state index is 0.153. The molecule has 2 atom stereocenters. The second-order valence-corrected chi connectivity index (χ2v) is 4.78. The van der Waals surface area contributed by atoms with Gasteiger partial charge in [-0.1, -0.05) is 11.6 Å². The molecule has 1 saturated heterocycles. The lowest BCUT2D eigenvalue weighted by atomic mass is 10.0. The normalized spacial score (nSPS) is 20.0. The summed E-state index contributed by atoms with van der Waals surface area (Å²) in [4.78, 5) is 0. The van der Waals surface area contributed by atoms with Gasteiger partial charge in [-0.25, -0.2) is 0 Å². The monoisotopic (exact) mass is 256 g/mol. The first-order chi connectivity index (χ1) is 8.28. The topological polar surface area (TPSA) is 42.0 Å². The minimum Gasteiger partial charge on any atom is -0.493 e. The van der Waals surface area contributed by atoms with Gasteiger partial charge in [0.15, 0.2) is 0 Å². The predicted molar refractivity (Wildman–Crippen MR) is 66.5 cm³/mol. The quantitative estimate of drug-likeness (QED) is 0.763. The lowest BCUT2D eigenvalue weighted by Gasteiger charge is -2.14. The van der Waals surface area contributed by atoms with Crippen molar-refractivity contribution in [1.82, 2.24) is 0 Å². The summed E-state index contributed by atoms with van der Waals surface area (Å²) in [7, 11) is 0. The molecular formula is C13H17ClO3. The molecule has 94 valence electrons. The first-order valence-electron chi connectivity index (χ1n) is 5.88. The Morgan fingerprint density at radius 2 is 2.12 bits per heavy atom. The van der Waals surface area contributed by atoms with E-state index in [1.807, 2.05) is 12.1 Å². The molecule has 1 N–H and O–H groups in total. The second kappa shape index (κ2) is 6.24. The molecule has 1 aromatic rings. The van der Waals surface area contributed by atoms with E-state index in [4.69, 9.17) is 21.1 Å². The van der Waals surface area contributed by atoms with Crippen LogP contribution in [-0.2, 0) is 4.74 Å². The van der Waals surface area contributed by atoms with E-state index in [9.17, 15) is 5.11 Å². The molecule has 3 nitrogen and oxygen atoms in total. The van der Waals surface area contributed by atoms with Crippen molar-refractivity contribution in [2.45, 2.75) is 18.9 Å². The first kappa shape index (κ1) is 12.7. The van der Waals surface area contributed by atoms with Crippen molar-refractivity contribution in [3.8, 4) is 5.75 Å². The number of ether oxygens (including phenoxy) is 2. The van der Waals surface area contributed by atoms with Gasteiger partial charge in [0.25, 0.3) is 0 Å². The van der Waals surface area contributed by atoms with Crippen LogP contribution < -0.4 is 4.74 Å². The van der Waals surface area contributed by atoms with E-state index in [0.29, 0.717) is 17.7 Å². The minimum absolute atomic E-state index is 0.153. The van der Waals surface area contributed by atoms with Gasteiger partial charge in [-0.2, -0.15) is 0 Å². The molecule has 1 aromatic carbocycles. The summed E-state index contributed by atoms with van der Waals surface area (Å²) in [6.45, 7) is 1.56. The lowest BCUT2D eigenvalue weighted by Crippen LogP contribution is -2.16. The van der Waals surface area contributed by atoms with Crippen molar-refractivity contribution in [1.29, 1.82) is 0 Å². The van der Waals surface area contributed by atoms with Gasteiger partial charge in [0.1, 0.15) is 5.75 Å². The first-order valence-corrected chi connectivity index (χ1v) is 6.26.